The summed E-state index contributed by atoms with van der Waals surface area (Å²) in [6.45, 7) is 4.78. The summed E-state index contributed by atoms with van der Waals surface area (Å²) in [4.78, 5) is 0. The minimum atomic E-state index is 0.297. The summed E-state index contributed by atoms with van der Waals surface area (Å²) in [6.07, 6.45) is 2.72. The number of aromatic nitrogens is 2. The van der Waals surface area contributed by atoms with Crippen LogP contribution in [0.25, 0.3) is 11.5 Å². The lowest BCUT2D eigenvalue weighted by Gasteiger charge is -2.14. The molecule has 0 aliphatic heterocycles. The first-order valence-electron chi connectivity index (χ1n) is 7.72. The van der Waals surface area contributed by atoms with Crippen molar-refractivity contribution in [3.63, 3.8) is 0 Å². The predicted octanol–water partition coefficient (Wildman–Crippen LogP) is 3.40. The second-order valence-electron chi connectivity index (χ2n) is 5.83. The van der Waals surface area contributed by atoms with Crippen LogP contribution in [0.3, 0.4) is 0 Å². The average Bonchev–Trinajstić information content (AvgIpc) is 3.16. The number of hydrogen-bond donors (Lipinski definition) is 3. The Hall–Kier alpha value is -2.53. The van der Waals surface area contributed by atoms with Crippen molar-refractivity contribution >= 4 is 0 Å². The number of phenolic OH excluding ortho intramolecular Hbond substituents is 1. The van der Waals surface area contributed by atoms with Crippen LogP contribution in [0.1, 0.15) is 23.8 Å². The highest BCUT2D eigenvalue weighted by molar-refractivity contribution is 5.56. The van der Waals surface area contributed by atoms with Crippen molar-refractivity contribution in [1.29, 1.82) is 0 Å². The maximum absolute atomic E-state index is 9.32. The highest BCUT2D eigenvalue weighted by Gasteiger charge is 2.12. The van der Waals surface area contributed by atoms with Gasteiger partial charge in [-0.05, 0) is 50.1 Å². The van der Waals surface area contributed by atoms with E-state index in [1.54, 1.807) is 12.1 Å². The van der Waals surface area contributed by atoms with Crippen molar-refractivity contribution in [2.75, 3.05) is 0 Å². The molecule has 2 aromatic heterocycles. The number of nitrogens with one attached hydrogen (secondary N) is 2. The number of aryl methyl sites for hydroxylation is 1. The molecule has 0 saturated carbocycles. The monoisotopic (exact) mass is 311 g/mol. The van der Waals surface area contributed by atoms with Gasteiger partial charge in [0, 0.05) is 18.2 Å². The van der Waals surface area contributed by atoms with Crippen molar-refractivity contribution in [3.8, 4) is 17.2 Å². The summed E-state index contributed by atoms with van der Waals surface area (Å²) in [6, 6.07) is 11.5. The summed E-state index contributed by atoms with van der Waals surface area (Å²) >= 11 is 0. The normalized spacial score (nSPS) is 12.4. The van der Waals surface area contributed by atoms with Gasteiger partial charge in [-0.2, -0.15) is 5.10 Å². The second-order valence-corrected chi connectivity index (χ2v) is 5.83. The molecule has 0 amide bonds. The van der Waals surface area contributed by atoms with Gasteiger partial charge in [0.1, 0.15) is 17.2 Å². The molecule has 3 N–H and O–H groups in total. The molecule has 1 atom stereocenters. The van der Waals surface area contributed by atoms with Crippen molar-refractivity contribution in [2.24, 2.45) is 0 Å². The summed E-state index contributed by atoms with van der Waals surface area (Å²) in [7, 11) is 0. The van der Waals surface area contributed by atoms with E-state index in [0.717, 1.165) is 29.2 Å². The van der Waals surface area contributed by atoms with E-state index >= 15 is 0 Å². The Labute approximate surface area is 135 Å². The van der Waals surface area contributed by atoms with Gasteiger partial charge in [0.05, 0.1) is 6.20 Å². The third kappa shape index (κ3) is 3.81. The van der Waals surface area contributed by atoms with Gasteiger partial charge in [0.2, 0.25) is 0 Å². The smallest absolute Gasteiger partial charge is 0.152 e. The number of hydrogen-bond acceptors (Lipinski definition) is 4. The van der Waals surface area contributed by atoms with Crippen LogP contribution >= 0.6 is 0 Å². The fourth-order valence-corrected chi connectivity index (χ4v) is 2.57. The van der Waals surface area contributed by atoms with E-state index in [1.807, 2.05) is 37.4 Å². The van der Waals surface area contributed by atoms with Crippen LogP contribution in [-0.4, -0.2) is 21.3 Å². The molecular formula is C18H21N3O2. The number of benzene rings is 1. The third-order valence-electron chi connectivity index (χ3n) is 3.82. The van der Waals surface area contributed by atoms with Crippen molar-refractivity contribution in [2.45, 2.75) is 32.9 Å². The summed E-state index contributed by atoms with van der Waals surface area (Å²) < 4.78 is 5.66. The maximum Gasteiger partial charge on any atom is 0.152 e. The van der Waals surface area contributed by atoms with Crippen molar-refractivity contribution in [3.05, 3.63) is 59.5 Å². The predicted molar refractivity (Wildman–Crippen MR) is 89.1 cm³/mol. The summed E-state index contributed by atoms with van der Waals surface area (Å²) in [5, 5.41) is 20.0. The highest BCUT2D eigenvalue weighted by atomic mass is 16.3. The van der Waals surface area contributed by atoms with Crippen LogP contribution in [0.2, 0.25) is 0 Å². The van der Waals surface area contributed by atoms with Crippen LogP contribution in [0, 0.1) is 6.92 Å². The van der Waals surface area contributed by atoms with Gasteiger partial charge >= 0.3 is 0 Å². The fraction of sp³-hybridized carbons (Fsp3) is 0.278. The first-order valence-corrected chi connectivity index (χ1v) is 7.72. The van der Waals surface area contributed by atoms with Gasteiger partial charge in [-0.1, -0.05) is 12.1 Å². The molecule has 1 unspecified atom stereocenters. The molecule has 2 heterocycles. The largest absolute Gasteiger partial charge is 0.508 e. The van der Waals surface area contributed by atoms with Crippen LogP contribution in [0.15, 0.2) is 47.0 Å². The summed E-state index contributed by atoms with van der Waals surface area (Å²) in [5.41, 5.74) is 3.19. The zero-order valence-electron chi connectivity index (χ0n) is 13.3. The minimum absolute atomic E-state index is 0.297. The Morgan fingerprint density at radius 3 is 2.70 bits per heavy atom. The SMILES string of the molecule is Cc1ccc(-c2[nH]ncc2CNC(C)Cc2ccc(O)cc2)o1. The number of nitrogens with zero attached hydrogens (tertiary/aromatic N) is 1. The van der Waals surface area contributed by atoms with Gasteiger partial charge in [-0.25, -0.2) is 0 Å². The number of H-pyrrole nitrogens is 1. The van der Waals surface area contributed by atoms with E-state index in [0.29, 0.717) is 18.3 Å². The molecule has 3 rings (SSSR count). The quantitative estimate of drug-likeness (QED) is 0.652. The van der Waals surface area contributed by atoms with E-state index in [1.165, 1.54) is 5.56 Å². The molecule has 23 heavy (non-hydrogen) atoms. The lowest BCUT2D eigenvalue weighted by atomic mass is 10.1. The molecule has 0 radical (unpaired) electrons. The molecule has 0 aliphatic rings. The molecule has 0 bridgehead atoms. The first-order chi connectivity index (χ1) is 11.1. The fourth-order valence-electron chi connectivity index (χ4n) is 2.57. The van der Waals surface area contributed by atoms with Crippen LogP contribution in [0.5, 0.6) is 5.75 Å². The topological polar surface area (TPSA) is 74.1 Å². The zero-order chi connectivity index (χ0) is 16.2. The first kappa shape index (κ1) is 15.4. The van der Waals surface area contributed by atoms with Gasteiger partial charge in [0.15, 0.2) is 5.76 Å². The van der Waals surface area contributed by atoms with Crippen LogP contribution < -0.4 is 5.32 Å². The van der Waals surface area contributed by atoms with E-state index in [4.69, 9.17) is 4.42 Å². The number of aromatic hydroxyl groups is 1. The molecule has 0 aliphatic carbocycles. The third-order valence-corrected chi connectivity index (χ3v) is 3.82. The Morgan fingerprint density at radius 1 is 1.22 bits per heavy atom. The maximum atomic E-state index is 9.32. The molecule has 5 nitrogen and oxygen atoms in total. The zero-order valence-corrected chi connectivity index (χ0v) is 13.3. The Bertz CT molecular complexity index is 759. The number of rotatable bonds is 6. The Balaban J connectivity index is 1.60. The lowest BCUT2D eigenvalue weighted by molar-refractivity contribution is 0.474. The van der Waals surface area contributed by atoms with E-state index in [9.17, 15) is 5.11 Å². The van der Waals surface area contributed by atoms with E-state index in [2.05, 4.69) is 22.4 Å². The van der Waals surface area contributed by atoms with Crippen molar-refractivity contribution in [1.82, 2.24) is 15.5 Å². The molecule has 120 valence electrons. The average molecular weight is 311 g/mol. The molecular weight excluding hydrogens is 290 g/mol. The highest BCUT2D eigenvalue weighted by Crippen LogP contribution is 2.23. The Morgan fingerprint density at radius 2 is 2.00 bits per heavy atom. The molecule has 0 saturated heterocycles. The standard InChI is InChI=1S/C18H21N3O2/c1-12(9-14-4-6-16(22)7-5-14)19-10-15-11-20-21-18(15)17-8-3-13(2)23-17/h3-8,11-12,19,22H,9-10H2,1-2H3,(H,20,21). The molecule has 0 spiro atoms. The van der Waals surface area contributed by atoms with Gasteiger partial charge in [0.25, 0.3) is 0 Å². The number of phenols is 1. The summed E-state index contributed by atoms with van der Waals surface area (Å²) in [5.74, 6) is 1.99. The Kier molecular flexibility index (Phi) is 4.48. The number of furan rings is 1. The molecule has 5 heteroatoms. The lowest BCUT2D eigenvalue weighted by Crippen LogP contribution is -2.27. The van der Waals surface area contributed by atoms with Crippen LogP contribution in [0.4, 0.5) is 0 Å². The molecule has 1 aromatic carbocycles. The minimum Gasteiger partial charge on any atom is -0.508 e. The molecule has 3 aromatic rings. The van der Waals surface area contributed by atoms with Gasteiger partial charge in [-0.15, -0.1) is 0 Å². The van der Waals surface area contributed by atoms with E-state index < -0.39 is 0 Å². The van der Waals surface area contributed by atoms with E-state index in [-0.39, 0.29) is 0 Å². The van der Waals surface area contributed by atoms with Crippen LogP contribution in [-0.2, 0) is 13.0 Å². The second kappa shape index (κ2) is 6.71. The number of aromatic amines is 1. The van der Waals surface area contributed by atoms with Crippen molar-refractivity contribution < 1.29 is 9.52 Å². The van der Waals surface area contributed by atoms with Gasteiger partial charge < -0.3 is 14.8 Å². The van der Waals surface area contributed by atoms with Gasteiger partial charge in [-0.3, -0.25) is 5.10 Å². The molecule has 0 fully saturated rings.